The zero-order chi connectivity index (χ0) is 20.1. The average molecular weight is 376 g/mol. The summed E-state index contributed by atoms with van der Waals surface area (Å²) in [7, 11) is 0. The second kappa shape index (κ2) is 8.41. The molecule has 2 nitrogen and oxygen atoms in total. The molecule has 140 valence electrons. The van der Waals surface area contributed by atoms with E-state index in [0.29, 0.717) is 5.56 Å². The van der Waals surface area contributed by atoms with E-state index in [-0.39, 0.29) is 5.75 Å². The van der Waals surface area contributed by atoms with Crippen molar-refractivity contribution in [2.75, 3.05) is 0 Å². The summed E-state index contributed by atoms with van der Waals surface area (Å²) >= 11 is 0. The monoisotopic (exact) mass is 376 g/mol. The number of phenols is 1. The van der Waals surface area contributed by atoms with E-state index in [1.165, 1.54) is 0 Å². The van der Waals surface area contributed by atoms with Crippen LogP contribution in [0.4, 0.5) is 0 Å². The van der Waals surface area contributed by atoms with Crippen LogP contribution in [0.15, 0.2) is 109 Å². The van der Waals surface area contributed by atoms with E-state index in [1.54, 1.807) is 12.1 Å². The summed E-state index contributed by atoms with van der Waals surface area (Å²) in [6.45, 7) is 0. The van der Waals surface area contributed by atoms with E-state index < -0.39 is 0 Å². The van der Waals surface area contributed by atoms with Gasteiger partial charge in [0.05, 0.1) is 0 Å². The van der Waals surface area contributed by atoms with Gasteiger partial charge in [-0.05, 0) is 45.5 Å². The first-order chi connectivity index (χ1) is 14.3. The molecule has 0 bridgehead atoms. The fourth-order valence-corrected chi connectivity index (χ4v) is 3.48. The van der Waals surface area contributed by atoms with Crippen molar-refractivity contribution in [1.29, 1.82) is 0 Å². The molecule has 0 atom stereocenters. The SMILES string of the molecule is O=Cc1ccc(/C(=C(\c2ccccc2)c2ccc(O)cc2)c2ccccc2)cc1. The van der Waals surface area contributed by atoms with Crippen molar-refractivity contribution in [2.45, 2.75) is 0 Å². The maximum absolute atomic E-state index is 11.1. The molecule has 0 aliphatic carbocycles. The minimum atomic E-state index is 0.234. The van der Waals surface area contributed by atoms with Crippen molar-refractivity contribution in [2.24, 2.45) is 0 Å². The molecule has 0 spiro atoms. The summed E-state index contributed by atoms with van der Waals surface area (Å²) in [4.78, 5) is 11.1. The lowest BCUT2D eigenvalue weighted by Crippen LogP contribution is -1.97. The van der Waals surface area contributed by atoms with E-state index in [1.807, 2.05) is 72.8 Å². The second-order valence-corrected chi connectivity index (χ2v) is 6.77. The molecule has 4 rings (SSSR count). The van der Waals surface area contributed by atoms with Crippen molar-refractivity contribution < 1.29 is 9.90 Å². The molecule has 4 aromatic carbocycles. The van der Waals surface area contributed by atoms with Crippen molar-refractivity contribution >= 4 is 17.4 Å². The third-order valence-corrected chi connectivity index (χ3v) is 4.87. The molecular weight excluding hydrogens is 356 g/mol. The molecule has 0 aliphatic heterocycles. The Balaban J connectivity index is 2.06. The Morgan fingerprint density at radius 1 is 0.517 bits per heavy atom. The number of carbonyl (C=O) groups excluding carboxylic acids is 1. The highest BCUT2D eigenvalue weighted by Crippen LogP contribution is 2.37. The van der Waals surface area contributed by atoms with Crippen LogP contribution in [-0.4, -0.2) is 11.4 Å². The first-order valence-corrected chi connectivity index (χ1v) is 9.46. The lowest BCUT2D eigenvalue weighted by atomic mass is 9.85. The smallest absolute Gasteiger partial charge is 0.150 e. The van der Waals surface area contributed by atoms with Crippen LogP contribution < -0.4 is 0 Å². The van der Waals surface area contributed by atoms with Gasteiger partial charge in [-0.3, -0.25) is 4.79 Å². The number of carbonyl (C=O) groups is 1. The molecule has 0 heterocycles. The summed E-state index contributed by atoms with van der Waals surface area (Å²) in [5.41, 5.74) is 6.97. The van der Waals surface area contributed by atoms with Gasteiger partial charge in [-0.15, -0.1) is 0 Å². The largest absolute Gasteiger partial charge is 0.508 e. The third-order valence-electron chi connectivity index (χ3n) is 4.87. The Morgan fingerprint density at radius 3 is 1.31 bits per heavy atom. The molecule has 2 heteroatoms. The molecule has 4 aromatic rings. The maximum Gasteiger partial charge on any atom is 0.150 e. The number of benzene rings is 4. The lowest BCUT2D eigenvalue weighted by molar-refractivity contribution is 0.112. The first kappa shape index (κ1) is 18.5. The van der Waals surface area contributed by atoms with Gasteiger partial charge in [0.15, 0.2) is 0 Å². The number of phenolic OH excluding ortho intramolecular Hbond substituents is 1. The summed E-state index contributed by atoms with van der Waals surface area (Å²) in [6, 6.07) is 35.4. The Morgan fingerprint density at radius 2 is 0.897 bits per heavy atom. The fraction of sp³-hybridized carbons (Fsp3) is 0. The molecule has 0 aliphatic rings. The predicted molar refractivity (Wildman–Crippen MR) is 118 cm³/mol. The minimum absolute atomic E-state index is 0.234. The quantitative estimate of drug-likeness (QED) is 0.332. The van der Waals surface area contributed by atoms with Crippen LogP contribution in [0.2, 0.25) is 0 Å². The van der Waals surface area contributed by atoms with Crippen LogP contribution in [0.3, 0.4) is 0 Å². The van der Waals surface area contributed by atoms with E-state index in [0.717, 1.165) is 39.7 Å². The maximum atomic E-state index is 11.1. The van der Waals surface area contributed by atoms with Gasteiger partial charge >= 0.3 is 0 Å². The number of aromatic hydroxyl groups is 1. The predicted octanol–water partition coefficient (Wildman–Crippen LogP) is 6.21. The van der Waals surface area contributed by atoms with Gasteiger partial charge in [0.2, 0.25) is 0 Å². The van der Waals surface area contributed by atoms with Gasteiger partial charge in [0.25, 0.3) is 0 Å². The zero-order valence-electron chi connectivity index (χ0n) is 15.8. The van der Waals surface area contributed by atoms with Gasteiger partial charge in [0.1, 0.15) is 12.0 Å². The van der Waals surface area contributed by atoms with Gasteiger partial charge in [-0.25, -0.2) is 0 Å². The topological polar surface area (TPSA) is 37.3 Å². The fourth-order valence-electron chi connectivity index (χ4n) is 3.48. The van der Waals surface area contributed by atoms with Gasteiger partial charge in [-0.1, -0.05) is 97.1 Å². The summed E-state index contributed by atoms with van der Waals surface area (Å²) in [6.07, 6.45) is 0.855. The molecule has 29 heavy (non-hydrogen) atoms. The van der Waals surface area contributed by atoms with Crippen molar-refractivity contribution in [3.8, 4) is 5.75 Å². The summed E-state index contributed by atoms with van der Waals surface area (Å²) in [5, 5.41) is 9.79. The van der Waals surface area contributed by atoms with Gasteiger partial charge in [-0.2, -0.15) is 0 Å². The molecule has 0 saturated carbocycles. The first-order valence-electron chi connectivity index (χ1n) is 9.46. The number of rotatable bonds is 5. The highest BCUT2D eigenvalue weighted by molar-refractivity contribution is 6.04. The van der Waals surface area contributed by atoms with Crippen LogP contribution in [0.25, 0.3) is 11.1 Å². The molecule has 0 radical (unpaired) electrons. The Kier molecular flexibility index (Phi) is 5.35. The highest BCUT2D eigenvalue weighted by Gasteiger charge is 2.16. The Labute approximate surface area is 170 Å². The summed E-state index contributed by atoms with van der Waals surface area (Å²) < 4.78 is 0. The number of hydrogen-bond donors (Lipinski definition) is 1. The van der Waals surface area contributed by atoms with Crippen molar-refractivity contribution in [3.63, 3.8) is 0 Å². The molecule has 0 fully saturated rings. The van der Waals surface area contributed by atoms with Crippen molar-refractivity contribution in [3.05, 3.63) is 137 Å². The van der Waals surface area contributed by atoms with Crippen LogP contribution in [-0.2, 0) is 0 Å². The van der Waals surface area contributed by atoms with Crippen LogP contribution in [0, 0.1) is 0 Å². The number of aldehydes is 1. The molecule has 0 amide bonds. The van der Waals surface area contributed by atoms with E-state index in [4.69, 9.17) is 0 Å². The molecule has 0 aromatic heterocycles. The number of hydrogen-bond acceptors (Lipinski definition) is 2. The lowest BCUT2D eigenvalue weighted by Gasteiger charge is -2.18. The van der Waals surface area contributed by atoms with Crippen LogP contribution >= 0.6 is 0 Å². The minimum Gasteiger partial charge on any atom is -0.508 e. The molecule has 1 N–H and O–H groups in total. The highest BCUT2D eigenvalue weighted by atomic mass is 16.3. The van der Waals surface area contributed by atoms with Crippen molar-refractivity contribution in [1.82, 2.24) is 0 Å². The molecule has 0 unspecified atom stereocenters. The third kappa shape index (κ3) is 4.02. The van der Waals surface area contributed by atoms with Gasteiger partial charge in [0, 0.05) is 5.56 Å². The molecule has 0 saturated heterocycles. The van der Waals surface area contributed by atoms with Crippen LogP contribution in [0.1, 0.15) is 32.6 Å². The van der Waals surface area contributed by atoms with E-state index in [2.05, 4.69) is 24.3 Å². The van der Waals surface area contributed by atoms with Crippen LogP contribution in [0.5, 0.6) is 5.75 Å². The normalized spacial score (nSPS) is 11.6. The van der Waals surface area contributed by atoms with E-state index in [9.17, 15) is 9.90 Å². The Hall–Kier alpha value is -3.91. The summed E-state index contributed by atoms with van der Waals surface area (Å²) in [5.74, 6) is 0.234. The average Bonchev–Trinajstić information content (AvgIpc) is 2.79. The zero-order valence-corrected chi connectivity index (χ0v) is 15.8. The standard InChI is InChI=1S/C27H20O2/c28-19-20-11-13-23(14-12-20)26(21-7-3-1-4-8-21)27(22-9-5-2-6-10-22)24-15-17-25(29)18-16-24/h1-19,29H/b27-26+. The Bertz CT molecular complexity index is 1120. The van der Waals surface area contributed by atoms with Gasteiger partial charge < -0.3 is 5.11 Å². The second-order valence-electron chi connectivity index (χ2n) is 6.77. The van der Waals surface area contributed by atoms with E-state index >= 15 is 0 Å². The molecular formula is C27H20O2.